The van der Waals surface area contributed by atoms with Crippen molar-refractivity contribution < 1.29 is 9.13 Å². The fourth-order valence-electron chi connectivity index (χ4n) is 2.43. The predicted octanol–water partition coefficient (Wildman–Crippen LogP) is 2.78. The van der Waals surface area contributed by atoms with E-state index in [0.29, 0.717) is 18.3 Å². The second-order valence-corrected chi connectivity index (χ2v) is 5.49. The lowest BCUT2D eigenvalue weighted by molar-refractivity contribution is 0.228. The van der Waals surface area contributed by atoms with Crippen molar-refractivity contribution in [3.8, 4) is 5.75 Å². The predicted molar refractivity (Wildman–Crippen MR) is 83.0 cm³/mol. The topological polar surface area (TPSA) is 50.8 Å². The first kappa shape index (κ1) is 15.6. The molecule has 1 aliphatic rings. The highest BCUT2D eigenvalue weighted by Gasteiger charge is 2.11. The number of hydrogen-bond acceptors (Lipinski definition) is 2. The Morgan fingerprint density at radius 2 is 2.05 bits per heavy atom. The molecular weight excluding hydrogens is 269 g/mol. The summed E-state index contributed by atoms with van der Waals surface area (Å²) in [7, 11) is 0. The molecule has 0 spiro atoms. The molecule has 5 heteroatoms. The Morgan fingerprint density at radius 3 is 2.71 bits per heavy atom. The summed E-state index contributed by atoms with van der Waals surface area (Å²) >= 11 is 0. The van der Waals surface area contributed by atoms with E-state index in [1.807, 2.05) is 6.92 Å². The summed E-state index contributed by atoms with van der Waals surface area (Å²) < 4.78 is 18.7. The lowest BCUT2D eigenvalue weighted by atomic mass is 10.2. The van der Waals surface area contributed by atoms with Gasteiger partial charge in [-0.05, 0) is 31.9 Å². The van der Waals surface area contributed by atoms with Crippen LogP contribution in [0.3, 0.4) is 0 Å². The van der Waals surface area contributed by atoms with E-state index in [0.717, 1.165) is 13.1 Å². The molecule has 2 N–H and O–H groups in total. The number of hydrogen-bond donors (Lipinski definition) is 1. The van der Waals surface area contributed by atoms with Crippen LogP contribution >= 0.6 is 0 Å². The van der Waals surface area contributed by atoms with Gasteiger partial charge in [0.15, 0.2) is 5.96 Å². The number of benzene rings is 1. The number of rotatable bonds is 4. The van der Waals surface area contributed by atoms with Crippen molar-refractivity contribution in [3.63, 3.8) is 0 Å². The summed E-state index contributed by atoms with van der Waals surface area (Å²) in [6.07, 6.45) is 4.74. The molecule has 0 aliphatic carbocycles. The standard InChI is InChI=1S/C16H24FN3O/c1-13(21-15-8-6-7-14(17)11-15)12-19-16(18)20-9-4-2-3-5-10-20/h6-8,11,13H,2-5,9-10,12H2,1H3,(H2,18,19). The SMILES string of the molecule is CC(CN=C(N)N1CCCCCC1)Oc1cccc(F)c1. The van der Waals surface area contributed by atoms with E-state index in [1.54, 1.807) is 12.1 Å². The number of aliphatic imine (C=N–C) groups is 1. The molecule has 0 saturated carbocycles. The van der Waals surface area contributed by atoms with Gasteiger partial charge in [0.25, 0.3) is 0 Å². The van der Waals surface area contributed by atoms with E-state index in [1.165, 1.54) is 37.8 Å². The summed E-state index contributed by atoms with van der Waals surface area (Å²) in [5.41, 5.74) is 6.04. The minimum atomic E-state index is -0.299. The number of guanidine groups is 1. The third-order valence-electron chi connectivity index (χ3n) is 3.57. The third-order valence-corrected chi connectivity index (χ3v) is 3.57. The summed E-state index contributed by atoms with van der Waals surface area (Å²) in [5, 5.41) is 0. The lowest BCUT2D eigenvalue weighted by Crippen LogP contribution is -2.38. The summed E-state index contributed by atoms with van der Waals surface area (Å²) in [6, 6.07) is 6.14. The minimum Gasteiger partial charge on any atom is -0.489 e. The molecule has 1 aromatic carbocycles. The molecule has 0 amide bonds. The Bertz CT molecular complexity index is 470. The van der Waals surface area contributed by atoms with Crippen molar-refractivity contribution in [1.29, 1.82) is 0 Å². The van der Waals surface area contributed by atoms with Crippen molar-refractivity contribution in [2.75, 3.05) is 19.6 Å². The third kappa shape index (κ3) is 5.25. The maximum absolute atomic E-state index is 13.1. The molecule has 21 heavy (non-hydrogen) atoms. The summed E-state index contributed by atoms with van der Waals surface area (Å²) in [5.74, 6) is 0.810. The first-order valence-corrected chi connectivity index (χ1v) is 7.62. The maximum atomic E-state index is 13.1. The van der Waals surface area contributed by atoms with Gasteiger partial charge in [-0.1, -0.05) is 18.9 Å². The van der Waals surface area contributed by atoms with Gasteiger partial charge in [0.1, 0.15) is 17.7 Å². The van der Waals surface area contributed by atoms with E-state index >= 15 is 0 Å². The number of ether oxygens (including phenoxy) is 1. The van der Waals surface area contributed by atoms with Gasteiger partial charge in [0.2, 0.25) is 0 Å². The van der Waals surface area contributed by atoms with E-state index in [-0.39, 0.29) is 11.9 Å². The van der Waals surface area contributed by atoms with Crippen LogP contribution in [0.1, 0.15) is 32.6 Å². The molecular formula is C16H24FN3O. The monoisotopic (exact) mass is 293 g/mol. The molecule has 1 heterocycles. The minimum absolute atomic E-state index is 0.141. The maximum Gasteiger partial charge on any atom is 0.191 e. The number of nitrogens with zero attached hydrogens (tertiary/aromatic N) is 2. The molecule has 1 atom stereocenters. The second kappa shape index (κ2) is 7.86. The fraction of sp³-hybridized carbons (Fsp3) is 0.562. The molecule has 1 fully saturated rings. The van der Waals surface area contributed by atoms with E-state index < -0.39 is 0 Å². The van der Waals surface area contributed by atoms with Crippen molar-refractivity contribution in [3.05, 3.63) is 30.1 Å². The largest absolute Gasteiger partial charge is 0.489 e. The molecule has 1 unspecified atom stereocenters. The highest BCUT2D eigenvalue weighted by molar-refractivity contribution is 5.78. The molecule has 116 valence electrons. The Hall–Kier alpha value is -1.78. The Kier molecular flexibility index (Phi) is 5.84. The van der Waals surface area contributed by atoms with Gasteiger partial charge in [0.05, 0.1) is 6.54 Å². The quantitative estimate of drug-likeness (QED) is 0.686. The normalized spacial score (nSPS) is 18.2. The number of likely N-dealkylation sites (tertiary alicyclic amines) is 1. The van der Waals surface area contributed by atoms with Crippen LogP contribution in [0.2, 0.25) is 0 Å². The van der Waals surface area contributed by atoms with Gasteiger partial charge in [-0.25, -0.2) is 9.38 Å². The Morgan fingerprint density at radius 1 is 1.33 bits per heavy atom. The van der Waals surface area contributed by atoms with Crippen LogP contribution in [-0.4, -0.2) is 36.6 Å². The van der Waals surface area contributed by atoms with E-state index in [4.69, 9.17) is 10.5 Å². The molecule has 0 bridgehead atoms. The average molecular weight is 293 g/mol. The van der Waals surface area contributed by atoms with Gasteiger partial charge in [0, 0.05) is 19.2 Å². The molecule has 1 aliphatic heterocycles. The van der Waals surface area contributed by atoms with Gasteiger partial charge in [-0.3, -0.25) is 0 Å². The van der Waals surface area contributed by atoms with Crippen LogP contribution in [0.25, 0.3) is 0 Å². The van der Waals surface area contributed by atoms with Crippen LogP contribution in [0.4, 0.5) is 4.39 Å². The molecule has 4 nitrogen and oxygen atoms in total. The average Bonchev–Trinajstić information content (AvgIpc) is 2.74. The Balaban J connectivity index is 1.84. The Labute approximate surface area is 125 Å². The fourth-order valence-corrected chi connectivity index (χ4v) is 2.43. The van der Waals surface area contributed by atoms with Crippen LogP contribution in [-0.2, 0) is 0 Å². The first-order valence-electron chi connectivity index (χ1n) is 7.62. The van der Waals surface area contributed by atoms with Gasteiger partial charge in [-0.2, -0.15) is 0 Å². The zero-order valence-corrected chi connectivity index (χ0v) is 12.6. The first-order chi connectivity index (χ1) is 10.1. The summed E-state index contributed by atoms with van der Waals surface area (Å²) in [6.45, 7) is 4.34. The smallest absolute Gasteiger partial charge is 0.191 e. The van der Waals surface area contributed by atoms with Crippen LogP contribution in [0.15, 0.2) is 29.3 Å². The zero-order valence-electron chi connectivity index (χ0n) is 12.6. The highest BCUT2D eigenvalue weighted by atomic mass is 19.1. The van der Waals surface area contributed by atoms with E-state index in [9.17, 15) is 4.39 Å². The molecule has 0 radical (unpaired) electrons. The van der Waals surface area contributed by atoms with Gasteiger partial charge < -0.3 is 15.4 Å². The van der Waals surface area contributed by atoms with Crippen LogP contribution < -0.4 is 10.5 Å². The molecule has 1 saturated heterocycles. The van der Waals surface area contributed by atoms with Gasteiger partial charge in [-0.15, -0.1) is 0 Å². The van der Waals surface area contributed by atoms with Crippen molar-refractivity contribution >= 4 is 5.96 Å². The van der Waals surface area contributed by atoms with Crippen molar-refractivity contribution in [2.24, 2.45) is 10.7 Å². The summed E-state index contributed by atoms with van der Waals surface area (Å²) in [4.78, 5) is 6.55. The van der Waals surface area contributed by atoms with Crippen molar-refractivity contribution in [2.45, 2.75) is 38.7 Å². The second-order valence-electron chi connectivity index (χ2n) is 5.49. The lowest BCUT2D eigenvalue weighted by Gasteiger charge is -2.21. The molecule has 0 aromatic heterocycles. The van der Waals surface area contributed by atoms with Crippen LogP contribution in [0.5, 0.6) is 5.75 Å². The van der Waals surface area contributed by atoms with Crippen LogP contribution in [0, 0.1) is 5.82 Å². The molecule has 2 rings (SSSR count). The number of nitrogens with two attached hydrogens (primary N) is 1. The molecule has 1 aromatic rings. The highest BCUT2D eigenvalue weighted by Crippen LogP contribution is 2.14. The number of halogens is 1. The van der Waals surface area contributed by atoms with Crippen molar-refractivity contribution in [1.82, 2.24) is 4.90 Å². The van der Waals surface area contributed by atoms with E-state index in [2.05, 4.69) is 9.89 Å². The zero-order chi connectivity index (χ0) is 15.1. The van der Waals surface area contributed by atoms with Gasteiger partial charge >= 0.3 is 0 Å².